The molecule has 0 spiro atoms. The van der Waals surface area contributed by atoms with Gasteiger partial charge in [0.05, 0.1) is 0 Å². The Morgan fingerprint density at radius 2 is 0.917 bits per heavy atom. The summed E-state index contributed by atoms with van der Waals surface area (Å²) in [6.07, 6.45) is 8.42. The Morgan fingerprint density at radius 3 is 1.36 bits per heavy atom. The van der Waals surface area contributed by atoms with Gasteiger partial charge in [-0.2, -0.15) is 0 Å². The van der Waals surface area contributed by atoms with Crippen LogP contribution in [-0.2, 0) is 17.9 Å². The van der Waals surface area contributed by atoms with E-state index in [0.717, 1.165) is 22.3 Å². The summed E-state index contributed by atoms with van der Waals surface area (Å²) in [5.74, 6) is 0.190. The molecule has 4 aromatic carbocycles. The molecular weight excluding hydrogens is 440 g/mol. The number of benzene rings is 4. The molecule has 0 radical (unpaired) electrons. The van der Waals surface area contributed by atoms with Crippen LogP contribution in [0.25, 0.3) is 12.2 Å². The lowest BCUT2D eigenvalue weighted by atomic mass is 9.84. The second-order valence-electron chi connectivity index (χ2n) is 9.41. The van der Waals surface area contributed by atoms with Crippen LogP contribution < -0.4 is 0 Å². The third-order valence-electron chi connectivity index (χ3n) is 7.09. The van der Waals surface area contributed by atoms with Crippen LogP contribution >= 0.6 is 0 Å². The number of carbonyl (C=O) groups is 1. The molecule has 2 aliphatic rings. The molecule has 2 heterocycles. The first-order valence-corrected chi connectivity index (χ1v) is 12.5. The highest BCUT2D eigenvalue weighted by Gasteiger charge is 2.39. The first-order valence-electron chi connectivity index (χ1n) is 12.5. The summed E-state index contributed by atoms with van der Waals surface area (Å²) in [6, 6.07) is 36.6. The van der Waals surface area contributed by atoms with E-state index in [2.05, 4.69) is 107 Å². The molecule has 2 atom stereocenters. The number of nitrogens with zero attached hydrogens (tertiary/aromatic N) is 2. The summed E-state index contributed by atoms with van der Waals surface area (Å²) in [5.41, 5.74) is 6.71. The number of rotatable bonds is 6. The maximum absolute atomic E-state index is 14.7. The molecule has 176 valence electrons. The fraction of sp³-hybridized carbons (Fsp3) is 0.121. The first kappa shape index (κ1) is 22.1. The smallest absolute Gasteiger partial charge is 0.186 e. The standard InChI is InChI=1S/C33H28N2O/c36-33(31-29-17-9-7-15-27(29)19-21-34(31)23-25-11-3-1-4-12-25)32-30-18-10-8-16-28(30)20-22-35(32)24-26-13-5-2-6-14-26/h1-22,31-32H,23-24H2. The molecule has 6 rings (SSSR count). The number of Topliss-reactive ketones (excluding diaryl/α,β-unsaturated/α-hetero) is 1. The van der Waals surface area contributed by atoms with Crippen molar-refractivity contribution in [2.24, 2.45) is 0 Å². The van der Waals surface area contributed by atoms with Gasteiger partial charge in [0, 0.05) is 25.5 Å². The molecule has 3 heteroatoms. The average Bonchev–Trinajstić information content (AvgIpc) is 2.93. The number of fused-ring (bicyclic) bond motifs is 2. The van der Waals surface area contributed by atoms with Gasteiger partial charge in [-0.15, -0.1) is 0 Å². The Labute approximate surface area is 212 Å². The summed E-state index contributed by atoms with van der Waals surface area (Å²) in [4.78, 5) is 19.1. The van der Waals surface area contributed by atoms with Gasteiger partial charge in [0.15, 0.2) is 5.78 Å². The lowest BCUT2D eigenvalue weighted by Crippen LogP contribution is -2.41. The first-order chi connectivity index (χ1) is 17.8. The van der Waals surface area contributed by atoms with Gasteiger partial charge < -0.3 is 9.80 Å². The largest absolute Gasteiger partial charge is 0.359 e. The Morgan fingerprint density at radius 1 is 0.528 bits per heavy atom. The van der Waals surface area contributed by atoms with E-state index < -0.39 is 0 Å². The van der Waals surface area contributed by atoms with Gasteiger partial charge in [-0.25, -0.2) is 0 Å². The van der Waals surface area contributed by atoms with Gasteiger partial charge in [-0.1, -0.05) is 109 Å². The Hall–Kier alpha value is -4.37. The van der Waals surface area contributed by atoms with Gasteiger partial charge in [-0.3, -0.25) is 4.79 Å². The quantitative estimate of drug-likeness (QED) is 0.304. The van der Waals surface area contributed by atoms with Crippen LogP contribution in [0.1, 0.15) is 45.5 Å². The lowest BCUT2D eigenvalue weighted by molar-refractivity contribution is -0.129. The predicted molar refractivity (Wildman–Crippen MR) is 145 cm³/mol. The zero-order valence-corrected chi connectivity index (χ0v) is 20.1. The van der Waals surface area contributed by atoms with Crippen molar-refractivity contribution in [2.45, 2.75) is 25.2 Å². The van der Waals surface area contributed by atoms with Crippen LogP contribution in [0.4, 0.5) is 0 Å². The summed E-state index contributed by atoms with van der Waals surface area (Å²) in [7, 11) is 0. The zero-order chi connectivity index (χ0) is 24.3. The van der Waals surface area contributed by atoms with Crippen molar-refractivity contribution in [3.63, 3.8) is 0 Å². The van der Waals surface area contributed by atoms with Crippen molar-refractivity contribution in [2.75, 3.05) is 0 Å². The molecule has 0 saturated heterocycles. The van der Waals surface area contributed by atoms with E-state index in [0.29, 0.717) is 13.1 Å². The normalized spacial score (nSPS) is 18.0. The van der Waals surface area contributed by atoms with Crippen LogP contribution in [0.15, 0.2) is 122 Å². The van der Waals surface area contributed by atoms with Crippen molar-refractivity contribution in [3.05, 3.63) is 155 Å². The monoisotopic (exact) mass is 468 g/mol. The fourth-order valence-electron chi connectivity index (χ4n) is 5.36. The van der Waals surface area contributed by atoms with Crippen molar-refractivity contribution in [1.29, 1.82) is 0 Å². The van der Waals surface area contributed by atoms with E-state index in [4.69, 9.17) is 0 Å². The topological polar surface area (TPSA) is 23.6 Å². The third kappa shape index (κ3) is 4.25. The maximum atomic E-state index is 14.7. The molecule has 0 amide bonds. The Balaban J connectivity index is 1.42. The highest BCUT2D eigenvalue weighted by Crippen LogP contribution is 2.40. The molecule has 4 aromatic rings. The van der Waals surface area contributed by atoms with Gasteiger partial charge in [0.25, 0.3) is 0 Å². The molecule has 0 aromatic heterocycles. The molecular formula is C33H28N2O. The van der Waals surface area contributed by atoms with Gasteiger partial charge in [0.2, 0.25) is 0 Å². The van der Waals surface area contributed by atoms with E-state index >= 15 is 0 Å². The molecule has 0 N–H and O–H groups in total. The maximum Gasteiger partial charge on any atom is 0.186 e. The summed E-state index contributed by atoms with van der Waals surface area (Å²) in [6.45, 7) is 1.34. The molecule has 0 aliphatic carbocycles. The van der Waals surface area contributed by atoms with Crippen molar-refractivity contribution >= 4 is 17.9 Å². The fourth-order valence-corrected chi connectivity index (χ4v) is 5.36. The van der Waals surface area contributed by atoms with E-state index in [1.165, 1.54) is 11.1 Å². The molecule has 2 aliphatic heterocycles. The molecule has 3 nitrogen and oxygen atoms in total. The van der Waals surface area contributed by atoms with E-state index in [1.54, 1.807) is 0 Å². The Bertz CT molecular complexity index is 1320. The van der Waals surface area contributed by atoms with Gasteiger partial charge >= 0.3 is 0 Å². The van der Waals surface area contributed by atoms with Gasteiger partial charge in [-0.05, 0) is 45.5 Å². The number of hydrogen-bond donors (Lipinski definition) is 0. The Kier molecular flexibility index (Phi) is 5.96. The molecule has 2 unspecified atom stereocenters. The predicted octanol–water partition coefficient (Wildman–Crippen LogP) is 7.01. The average molecular weight is 469 g/mol. The second-order valence-corrected chi connectivity index (χ2v) is 9.41. The highest BCUT2D eigenvalue weighted by molar-refractivity contribution is 5.94. The van der Waals surface area contributed by atoms with Crippen molar-refractivity contribution in [1.82, 2.24) is 9.80 Å². The third-order valence-corrected chi connectivity index (χ3v) is 7.09. The summed E-state index contributed by atoms with van der Waals surface area (Å²) >= 11 is 0. The minimum absolute atomic E-state index is 0.190. The van der Waals surface area contributed by atoms with Crippen LogP contribution in [-0.4, -0.2) is 15.6 Å². The van der Waals surface area contributed by atoms with Crippen LogP contribution in [0.3, 0.4) is 0 Å². The molecule has 36 heavy (non-hydrogen) atoms. The van der Waals surface area contributed by atoms with Crippen molar-refractivity contribution < 1.29 is 4.79 Å². The minimum Gasteiger partial charge on any atom is -0.359 e. The number of ketones is 1. The molecule has 0 fully saturated rings. The van der Waals surface area contributed by atoms with E-state index in [-0.39, 0.29) is 17.9 Å². The second kappa shape index (κ2) is 9.71. The summed E-state index contributed by atoms with van der Waals surface area (Å²) < 4.78 is 0. The van der Waals surface area contributed by atoms with E-state index in [1.807, 2.05) is 36.4 Å². The summed E-state index contributed by atoms with van der Waals surface area (Å²) in [5, 5.41) is 0. The van der Waals surface area contributed by atoms with Crippen molar-refractivity contribution in [3.8, 4) is 0 Å². The highest BCUT2D eigenvalue weighted by atomic mass is 16.1. The van der Waals surface area contributed by atoms with Crippen LogP contribution in [0.2, 0.25) is 0 Å². The van der Waals surface area contributed by atoms with Crippen LogP contribution in [0.5, 0.6) is 0 Å². The molecule has 0 saturated carbocycles. The zero-order valence-electron chi connectivity index (χ0n) is 20.1. The SMILES string of the molecule is O=C(C1c2ccccc2C=CN1Cc1ccccc1)C1c2ccccc2C=CN1Cc1ccccc1. The van der Waals surface area contributed by atoms with E-state index in [9.17, 15) is 4.79 Å². The van der Waals surface area contributed by atoms with Gasteiger partial charge in [0.1, 0.15) is 12.1 Å². The molecule has 0 bridgehead atoms. The number of carbonyl (C=O) groups excluding carboxylic acids is 1. The van der Waals surface area contributed by atoms with Crippen LogP contribution in [0, 0.1) is 0 Å². The lowest BCUT2D eigenvalue weighted by Gasteiger charge is -2.40. The minimum atomic E-state index is -0.380. The number of hydrogen-bond acceptors (Lipinski definition) is 3.